The van der Waals surface area contributed by atoms with Gasteiger partial charge in [0.05, 0.1) is 27.9 Å². The van der Waals surface area contributed by atoms with Crippen LogP contribution in [0.4, 0.5) is 0 Å². The van der Waals surface area contributed by atoms with Crippen molar-refractivity contribution in [2.75, 3.05) is 0 Å². The molecule has 7 rings (SSSR count). The van der Waals surface area contributed by atoms with E-state index in [0.29, 0.717) is 0 Å². The normalized spacial score (nSPS) is 12.8. The second-order valence-corrected chi connectivity index (χ2v) is 6.69. The lowest BCUT2D eigenvalue weighted by Crippen LogP contribution is -1.88. The molecule has 114 valence electrons. The van der Waals surface area contributed by atoms with E-state index in [1.165, 1.54) is 38.1 Å². The van der Waals surface area contributed by atoms with Gasteiger partial charge in [0.15, 0.2) is 0 Å². The van der Waals surface area contributed by atoms with Gasteiger partial charge >= 0.3 is 0 Å². The summed E-state index contributed by atoms with van der Waals surface area (Å²) in [4.78, 5) is 9.57. The quantitative estimate of drug-likeness (QED) is 0.381. The van der Waals surface area contributed by atoms with Gasteiger partial charge in [0.25, 0.3) is 0 Å². The number of nitrogens with zero attached hydrogens (tertiary/aromatic N) is 3. The van der Waals surface area contributed by atoms with Crippen molar-refractivity contribution in [1.29, 1.82) is 0 Å². The van der Waals surface area contributed by atoms with E-state index in [4.69, 9.17) is 9.97 Å². The van der Waals surface area contributed by atoms with Crippen LogP contribution in [0.2, 0.25) is 0 Å². The van der Waals surface area contributed by atoms with Crippen LogP contribution in [0.3, 0.4) is 0 Å². The zero-order valence-electron chi connectivity index (χ0n) is 13.2. The molecule has 3 heteroatoms. The van der Waals surface area contributed by atoms with E-state index in [1.54, 1.807) is 0 Å². The summed E-state index contributed by atoms with van der Waals surface area (Å²) in [7, 11) is 0. The fraction of sp³-hybridized carbons (Fsp3) is 0. The fourth-order valence-corrected chi connectivity index (χ4v) is 4.64. The van der Waals surface area contributed by atoms with Gasteiger partial charge in [0.1, 0.15) is 0 Å². The van der Waals surface area contributed by atoms with Gasteiger partial charge < -0.3 is 4.40 Å². The SMILES string of the molecule is c1ccc2c(c1)-c1nccc3c4cccc5c6ccnc-2c6n(c13)c45. The first-order valence-electron chi connectivity index (χ1n) is 8.45. The number of hydrogen-bond acceptors (Lipinski definition) is 2. The number of hydrogen-bond donors (Lipinski definition) is 0. The first kappa shape index (κ1) is 12.0. The fourth-order valence-electron chi connectivity index (χ4n) is 4.64. The molecule has 4 aromatic heterocycles. The number of rotatable bonds is 0. The van der Waals surface area contributed by atoms with Gasteiger partial charge in [-0.05, 0) is 12.1 Å². The lowest BCUT2D eigenvalue weighted by Gasteiger charge is -2.07. The van der Waals surface area contributed by atoms with Crippen molar-refractivity contribution in [2.45, 2.75) is 0 Å². The number of para-hydroxylation sites is 1. The Morgan fingerprint density at radius 2 is 1.04 bits per heavy atom. The minimum atomic E-state index is 1.04. The highest BCUT2D eigenvalue weighted by Crippen LogP contribution is 2.47. The molecule has 0 aliphatic carbocycles. The standard InChI is InChI=1S/C22H11N3/c1-2-5-13-12(4-1)18-21-16(8-10-23-18)14-6-3-7-15-17-9-11-24-19(13)22(17)25(21)20(14)15/h1-11H. The highest BCUT2D eigenvalue weighted by molar-refractivity contribution is 6.27. The Hall–Kier alpha value is -3.46. The molecule has 1 aliphatic heterocycles. The molecule has 5 heterocycles. The van der Waals surface area contributed by atoms with Crippen molar-refractivity contribution < 1.29 is 0 Å². The zero-order valence-corrected chi connectivity index (χ0v) is 13.2. The third-order valence-corrected chi connectivity index (χ3v) is 5.57. The summed E-state index contributed by atoms with van der Waals surface area (Å²) >= 11 is 0. The summed E-state index contributed by atoms with van der Waals surface area (Å²) in [6, 6.07) is 19.3. The molecule has 2 aromatic carbocycles. The predicted octanol–water partition coefficient (Wildman–Crippen LogP) is 5.27. The number of fused-ring (bicyclic) bond motifs is 5. The van der Waals surface area contributed by atoms with E-state index < -0.39 is 0 Å². The number of pyridine rings is 2. The van der Waals surface area contributed by atoms with E-state index in [0.717, 1.165) is 22.5 Å². The van der Waals surface area contributed by atoms with E-state index in [9.17, 15) is 0 Å². The second-order valence-electron chi connectivity index (χ2n) is 6.69. The Morgan fingerprint density at radius 3 is 1.60 bits per heavy atom. The van der Waals surface area contributed by atoms with Crippen LogP contribution >= 0.6 is 0 Å². The Kier molecular flexibility index (Phi) is 1.81. The molecular formula is C22H11N3. The monoisotopic (exact) mass is 317 g/mol. The van der Waals surface area contributed by atoms with Gasteiger partial charge in [0, 0.05) is 45.1 Å². The highest BCUT2D eigenvalue weighted by atomic mass is 15.0. The van der Waals surface area contributed by atoms with Crippen LogP contribution in [0.5, 0.6) is 0 Å². The summed E-state index contributed by atoms with van der Waals surface area (Å²) in [6.45, 7) is 0. The summed E-state index contributed by atoms with van der Waals surface area (Å²) in [5.41, 5.74) is 8.07. The van der Waals surface area contributed by atoms with Crippen LogP contribution in [0.15, 0.2) is 67.0 Å². The molecule has 1 aliphatic rings. The van der Waals surface area contributed by atoms with Crippen LogP contribution in [0.1, 0.15) is 0 Å². The highest BCUT2D eigenvalue weighted by Gasteiger charge is 2.26. The molecule has 0 radical (unpaired) electrons. The van der Waals surface area contributed by atoms with E-state index in [1.807, 2.05) is 12.4 Å². The summed E-state index contributed by atoms with van der Waals surface area (Å²) in [5.74, 6) is 0. The van der Waals surface area contributed by atoms with Crippen LogP contribution in [0.25, 0.3) is 60.6 Å². The maximum absolute atomic E-state index is 4.79. The first-order valence-corrected chi connectivity index (χ1v) is 8.45. The van der Waals surface area contributed by atoms with E-state index >= 15 is 0 Å². The molecule has 3 nitrogen and oxygen atoms in total. The number of aromatic nitrogens is 3. The van der Waals surface area contributed by atoms with Crippen molar-refractivity contribution in [3.63, 3.8) is 0 Å². The molecule has 0 saturated heterocycles. The van der Waals surface area contributed by atoms with Gasteiger partial charge in [-0.1, -0.05) is 42.5 Å². The average molecular weight is 317 g/mol. The Balaban J connectivity index is 2.00. The maximum atomic E-state index is 4.79. The van der Waals surface area contributed by atoms with Crippen LogP contribution in [-0.2, 0) is 0 Å². The Bertz CT molecular complexity index is 1380. The third kappa shape index (κ3) is 1.17. The van der Waals surface area contributed by atoms with Crippen molar-refractivity contribution in [1.82, 2.24) is 14.4 Å². The molecule has 0 fully saturated rings. The smallest absolute Gasteiger partial charge is 0.0955 e. The van der Waals surface area contributed by atoms with Gasteiger partial charge in [0.2, 0.25) is 0 Å². The number of benzene rings is 2. The Labute approximate surface area is 142 Å². The molecule has 6 aromatic rings. The molecule has 0 saturated carbocycles. The molecular weight excluding hydrogens is 306 g/mol. The minimum absolute atomic E-state index is 1.04. The molecule has 0 atom stereocenters. The van der Waals surface area contributed by atoms with Crippen LogP contribution in [-0.4, -0.2) is 14.4 Å². The lowest BCUT2D eigenvalue weighted by atomic mass is 10.00. The molecule has 0 bridgehead atoms. The third-order valence-electron chi connectivity index (χ3n) is 5.57. The molecule has 0 spiro atoms. The lowest BCUT2D eigenvalue weighted by molar-refractivity contribution is 1.30. The predicted molar refractivity (Wildman–Crippen MR) is 101 cm³/mol. The van der Waals surface area contributed by atoms with Crippen LogP contribution < -0.4 is 0 Å². The van der Waals surface area contributed by atoms with Gasteiger partial charge in [-0.2, -0.15) is 0 Å². The van der Waals surface area contributed by atoms with Crippen molar-refractivity contribution in [3.05, 3.63) is 67.0 Å². The van der Waals surface area contributed by atoms with Gasteiger partial charge in [-0.3, -0.25) is 9.97 Å². The molecule has 0 amide bonds. The molecule has 25 heavy (non-hydrogen) atoms. The Morgan fingerprint density at radius 1 is 0.520 bits per heavy atom. The van der Waals surface area contributed by atoms with Crippen molar-refractivity contribution in [3.8, 4) is 22.5 Å². The topological polar surface area (TPSA) is 30.2 Å². The second kappa shape index (κ2) is 3.78. The summed E-state index contributed by atoms with van der Waals surface area (Å²) < 4.78 is 2.39. The van der Waals surface area contributed by atoms with E-state index in [-0.39, 0.29) is 0 Å². The van der Waals surface area contributed by atoms with Gasteiger partial charge in [-0.15, -0.1) is 0 Å². The largest absolute Gasteiger partial charge is 0.304 e. The molecule has 0 N–H and O–H groups in total. The van der Waals surface area contributed by atoms with Crippen molar-refractivity contribution in [2.24, 2.45) is 0 Å². The minimum Gasteiger partial charge on any atom is -0.304 e. The van der Waals surface area contributed by atoms with E-state index in [2.05, 4.69) is 59.0 Å². The zero-order chi connectivity index (χ0) is 16.1. The molecule has 0 unspecified atom stereocenters. The maximum Gasteiger partial charge on any atom is 0.0955 e. The summed E-state index contributed by atoms with van der Waals surface area (Å²) in [6.07, 6.45) is 3.85. The first-order chi connectivity index (χ1) is 12.4. The summed E-state index contributed by atoms with van der Waals surface area (Å²) in [5, 5.41) is 5.10. The van der Waals surface area contributed by atoms with Crippen molar-refractivity contribution >= 4 is 38.1 Å². The van der Waals surface area contributed by atoms with Crippen LogP contribution in [0, 0.1) is 0 Å². The average Bonchev–Trinajstić information content (AvgIpc) is 3.15. The van der Waals surface area contributed by atoms with Gasteiger partial charge in [-0.25, -0.2) is 0 Å².